The second kappa shape index (κ2) is 7.13. The molecule has 4 rings (SSSR count). The van der Waals surface area contributed by atoms with Crippen molar-refractivity contribution in [2.24, 2.45) is 0 Å². The highest BCUT2D eigenvalue weighted by atomic mass is 32.1. The van der Waals surface area contributed by atoms with Crippen LogP contribution in [0.4, 0.5) is 16.8 Å². The summed E-state index contributed by atoms with van der Waals surface area (Å²) in [4.78, 5) is 25.8. The van der Waals surface area contributed by atoms with Crippen LogP contribution in [0.3, 0.4) is 0 Å². The van der Waals surface area contributed by atoms with Gasteiger partial charge in [-0.3, -0.25) is 10.1 Å². The average molecular weight is 375 g/mol. The van der Waals surface area contributed by atoms with Gasteiger partial charge in [0.1, 0.15) is 0 Å². The van der Waals surface area contributed by atoms with E-state index in [-0.39, 0.29) is 5.91 Å². The van der Waals surface area contributed by atoms with E-state index >= 15 is 0 Å². The number of hydrogen-bond acceptors (Lipinski definition) is 6. The summed E-state index contributed by atoms with van der Waals surface area (Å²) in [6.07, 6.45) is 0. The summed E-state index contributed by atoms with van der Waals surface area (Å²) in [6.45, 7) is 3.84. The standard InChI is InChI=1S/C20H17N5OS/c1-12-10-13(2)22-19(21-12)23-15-7-5-6-14(11-15)18(26)25-20-24-16-8-3-4-9-17(16)27-20/h3-11H,1-2H3,(H,21,22,23)(H,24,25,26). The molecule has 0 aliphatic rings. The van der Waals surface area contributed by atoms with Gasteiger partial charge >= 0.3 is 0 Å². The minimum Gasteiger partial charge on any atom is -0.324 e. The van der Waals surface area contributed by atoms with Crippen LogP contribution in [0.15, 0.2) is 54.6 Å². The summed E-state index contributed by atoms with van der Waals surface area (Å²) in [5.74, 6) is 0.301. The Kier molecular flexibility index (Phi) is 4.52. The zero-order valence-electron chi connectivity index (χ0n) is 14.9. The van der Waals surface area contributed by atoms with Crippen LogP contribution in [0, 0.1) is 13.8 Å². The third-order valence-electron chi connectivity index (χ3n) is 3.88. The molecule has 4 aromatic rings. The Morgan fingerprint density at radius 3 is 2.48 bits per heavy atom. The van der Waals surface area contributed by atoms with Gasteiger partial charge in [0.25, 0.3) is 5.91 Å². The normalized spacial score (nSPS) is 10.7. The van der Waals surface area contributed by atoms with Gasteiger partial charge in [-0.1, -0.05) is 29.5 Å². The monoisotopic (exact) mass is 375 g/mol. The van der Waals surface area contributed by atoms with E-state index in [1.54, 1.807) is 12.1 Å². The van der Waals surface area contributed by atoms with Crippen molar-refractivity contribution in [3.8, 4) is 0 Å². The Balaban J connectivity index is 1.53. The minimum absolute atomic E-state index is 0.209. The molecule has 0 unspecified atom stereocenters. The van der Waals surface area contributed by atoms with Crippen molar-refractivity contribution in [3.63, 3.8) is 0 Å². The maximum absolute atomic E-state index is 12.6. The number of anilines is 3. The first-order valence-corrected chi connectivity index (χ1v) is 9.25. The molecule has 2 heterocycles. The molecule has 0 fully saturated rings. The van der Waals surface area contributed by atoms with Crippen molar-refractivity contribution in [1.29, 1.82) is 0 Å². The van der Waals surface area contributed by atoms with Gasteiger partial charge in [0.2, 0.25) is 5.95 Å². The lowest BCUT2D eigenvalue weighted by Crippen LogP contribution is -2.12. The summed E-state index contributed by atoms with van der Waals surface area (Å²) in [5.41, 5.74) is 3.92. The molecule has 27 heavy (non-hydrogen) atoms. The summed E-state index contributed by atoms with van der Waals surface area (Å²) in [6, 6.07) is 16.9. The van der Waals surface area contributed by atoms with Crippen molar-refractivity contribution in [2.45, 2.75) is 13.8 Å². The van der Waals surface area contributed by atoms with Crippen molar-refractivity contribution < 1.29 is 4.79 Å². The zero-order chi connectivity index (χ0) is 18.8. The molecule has 0 aliphatic heterocycles. The SMILES string of the molecule is Cc1cc(C)nc(Nc2cccc(C(=O)Nc3nc4ccccc4s3)c2)n1. The van der Waals surface area contributed by atoms with Crippen LogP contribution in [0.1, 0.15) is 21.7 Å². The van der Waals surface area contributed by atoms with Gasteiger partial charge in [0.15, 0.2) is 5.13 Å². The molecule has 7 heteroatoms. The van der Waals surface area contributed by atoms with E-state index in [4.69, 9.17) is 0 Å². The Labute approximate surface area is 160 Å². The van der Waals surface area contributed by atoms with Crippen LogP contribution in [-0.4, -0.2) is 20.9 Å². The number of carbonyl (C=O) groups is 1. The van der Waals surface area contributed by atoms with Crippen molar-refractivity contribution in [3.05, 3.63) is 71.5 Å². The maximum Gasteiger partial charge on any atom is 0.257 e. The number of amides is 1. The van der Waals surface area contributed by atoms with Gasteiger partial charge in [0.05, 0.1) is 10.2 Å². The lowest BCUT2D eigenvalue weighted by molar-refractivity contribution is 0.102. The third-order valence-corrected chi connectivity index (χ3v) is 4.83. The average Bonchev–Trinajstić information content (AvgIpc) is 3.03. The number of para-hydroxylation sites is 1. The van der Waals surface area contributed by atoms with Gasteiger partial charge in [-0.05, 0) is 50.2 Å². The molecule has 0 atom stereocenters. The van der Waals surface area contributed by atoms with E-state index in [0.717, 1.165) is 27.3 Å². The molecule has 134 valence electrons. The maximum atomic E-state index is 12.6. The van der Waals surface area contributed by atoms with Crippen LogP contribution in [0.2, 0.25) is 0 Å². The summed E-state index contributed by atoms with van der Waals surface area (Å²) < 4.78 is 1.04. The molecule has 2 aromatic carbocycles. The zero-order valence-corrected chi connectivity index (χ0v) is 15.7. The molecule has 2 aromatic heterocycles. The summed E-state index contributed by atoms with van der Waals surface area (Å²) in [5, 5.41) is 6.60. The topological polar surface area (TPSA) is 79.8 Å². The van der Waals surface area contributed by atoms with Gasteiger partial charge < -0.3 is 5.32 Å². The minimum atomic E-state index is -0.209. The summed E-state index contributed by atoms with van der Waals surface area (Å²) >= 11 is 1.45. The lowest BCUT2D eigenvalue weighted by Gasteiger charge is -2.08. The van der Waals surface area contributed by atoms with Crippen LogP contribution in [0.25, 0.3) is 10.2 Å². The van der Waals surface area contributed by atoms with Crippen molar-refractivity contribution in [1.82, 2.24) is 15.0 Å². The number of fused-ring (bicyclic) bond motifs is 1. The Hall–Kier alpha value is -3.32. The van der Waals surface area contributed by atoms with E-state index in [1.807, 2.05) is 56.3 Å². The fraction of sp³-hybridized carbons (Fsp3) is 0.100. The largest absolute Gasteiger partial charge is 0.324 e. The van der Waals surface area contributed by atoms with E-state index in [1.165, 1.54) is 11.3 Å². The molecule has 0 radical (unpaired) electrons. The number of nitrogens with zero attached hydrogens (tertiary/aromatic N) is 3. The quantitative estimate of drug-likeness (QED) is 0.540. The number of rotatable bonds is 4. The lowest BCUT2D eigenvalue weighted by atomic mass is 10.2. The van der Waals surface area contributed by atoms with Gasteiger partial charge in [-0.2, -0.15) is 0 Å². The van der Waals surface area contributed by atoms with Crippen molar-refractivity contribution in [2.75, 3.05) is 10.6 Å². The molecule has 1 amide bonds. The van der Waals surface area contributed by atoms with E-state index < -0.39 is 0 Å². The molecule has 0 aliphatic carbocycles. The number of carbonyl (C=O) groups excluding carboxylic acids is 1. The second-order valence-electron chi connectivity index (χ2n) is 6.12. The number of hydrogen-bond donors (Lipinski definition) is 2. The highest BCUT2D eigenvalue weighted by molar-refractivity contribution is 7.22. The number of benzene rings is 2. The molecule has 2 N–H and O–H groups in total. The fourth-order valence-corrected chi connectivity index (χ4v) is 3.60. The number of aryl methyl sites for hydroxylation is 2. The number of thiazole rings is 1. The second-order valence-corrected chi connectivity index (χ2v) is 7.15. The smallest absolute Gasteiger partial charge is 0.257 e. The van der Waals surface area contributed by atoms with E-state index in [2.05, 4.69) is 25.6 Å². The van der Waals surface area contributed by atoms with E-state index in [9.17, 15) is 4.79 Å². The summed E-state index contributed by atoms with van der Waals surface area (Å²) in [7, 11) is 0. The predicted octanol–water partition coefficient (Wildman–Crippen LogP) is 4.70. The Bertz CT molecular complexity index is 1080. The van der Waals surface area contributed by atoms with Gasteiger partial charge in [0, 0.05) is 22.6 Å². The number of aromatic nitrogens is 3. The number of nitrogens with one attached hydrogen (secondary N) is 2. The highest BCUT2D eigenvalue weighted by Crippen LogP contribution is 2.26. The molecule has 0 bridgehead atoms. The van der Waals surface area contributed by atoms with Crippen LogP contribution in [0.5, 0.6) is 0 Å². The molecule has 0 saturated carbocycles. The van der Waals surface area contributed by atoms with Crippen LogP contribution >= 0.6 is 11.3 Å². The van der Waals surface area contributed by atoms with Crippen LogP contribution in [-0.2, 0) is 0 Å². The molecule has 6 nitrogen and oxygen atoms in total. The molecule has 0 spiro atoms. The highest BCUT2D eigenvalue weighted by Gasteiger charge is 2.11. The first kappa shape index (κ1) is 17.1. The first-order valence-electron chi connectivity index (χ1n) is 8.43. The first-order chi connectivity index (χ1) is 13.1. The predicted molar refractivity (Wildman–Crippen MR) is 109 cm³/mol. The van der Waals surface area contributed by atoms with Gasteiger partial charge in [-0.15, -0.1) is 0 Å². The van der Waals surface area contributed by atoms with E-state index in [0.29, 0.717) is 16.6 Å². The van der Waals surface area contributed by atoms with Crippen molar-refractivity contribution >= 4 is 44.2 Å². The van der Waals surface area contributed by atoms with Gasteiger partial charge in [-0.25, -0.2) is 15.0 Å². The Morgan fingerprint density at radius 1 is 0.926 bits per heavy atom. The molecular weight excluding hydrogens is 358 g/mol. The third kappa shape index (κ3) is 3.93. The van der Waals surface area contributed by atoms with Crippen LogP contribution < -0.4 is 10.6 Å². The molecular formula is C20H17N5OS. The fourth-order valence-electron chi connectivity index (χ4n) is 2.74. The Morgan fingerprint density at radius 2 is 1.70 bits per heavy atom. The molecule has 0 saturated heterocycles.